The summed E-state index contributed by atoms with van der Waals surface area (Å²) in [4.78, 5) is 14.6. The number of hydrogen-bond donors (Lipinski definition) is 1. The Labute approximate surface area is 180 Å². The molecule has 3 rings (SSSR count). The van der Waals surface area contributed by atoms with Gasteiger partial charge in [0, 0.05) is 18.3 Å². The van der Waals surface area contributed by atoms with Gasteiger partial charge in [-0.05, 0) is 30.9 Å². The van der Waals surface area contributed by atoms with Crippen molar-refractivity contribution in [3.05, 3.63) is 29.8 Å². The van der Waals surface area contributed by atoms with E-state index in [0.717, 1.165) is 11.3 Å². The van der Waals surface area contributed by atoms with Gasteiger partial charge in [0.25, 0.3) is 0 Å². The highest BCUT2D eigenvalue weighted by Gasteiger charge is 2.34. The number of nitrogens with zero attached hydrogens (tertiary/aromatic N) is 3. The molecule has 1 fully saturated rings. The van der Waals surface area contributed by atoms with E-state index < -0.39 is 9.84 Å². The second-order valence-electron chi connectivity index (χ2n) is 7.60. The van der Waals surface area contributed by atoms with Gasteiger partial charge in [0.2, 0.25) is 11.0 Å². The van der Waals surface area contributed by atoms with Crippen LogP contribution in [0.1, 0.15) is 25.8 Å². The number of para-hydroxylation sites is 1. The summed E-state index contributed by atoms with van der Waals surface area (Å²) in [5.41, 5.74) is 2.09. The Kier molecular flexibility index (Phi) is 7.18. The van der Waals surface area contributed by atoms with Crippen molar-refractivity contribution in [1.29, 1.82) is 0 Å². The second kappa shape index (κ2) is 9.44. The van der Waals surface area contributed by atoms with E-state index in [2.05, 4.69) is 15.5 Å². The zero-order chi connectivity index (χ0) is 21.0. The lowest BCUT2D eigenvalue weighted by Gasteiger charge is -2.29. The third-order valence-electron chi connectivity index (χ3n) is 4.64. The van der Waals surface area contributed by atoms with Gasteiger partial charge in [-0.25, -0.2) is 8.42 Å². The average Bonchev–Trinajstić information content (AvgIpc) is 3.25. The van der Waals surface area contributed by atoms with Crippen molar-refractivity contribution in [3.63, 3.8) is 0 Å². The van der Waals surface area contributed by atoms with Crippen LogP contribution < -0.4 is 5.32 Å². The summed E-state index contributed by atoms with van der Waals surface area (Å²) in [7, 11) is -3.04. The normalized spacial score (nSPS) is 18.1. The summed E-state index contributed by atoms with van der Waals surface area (Å²) < 4.78 is 24.4. The summed E-state index contributed by atoms with van der Waals surface area (Å²) in [6, 6.07) is 7.71. The van der Waals surface area contributed by atoms with Gasteiger partial charge >= 0.3 is 0 Å². The Morgan fingerprint density at radius 1 is 1.34 bits per heavy atom. The molecule has 7 nitrogen and oxygen atoms in total. The van der Waals surface area contributed by atoms with Gasteiger partial charge in [0.05, 0.1) is 17.3 Å². The Morgan fingerprint density at radius 3 is 2.76 bits per heavy atom. The summed E-state index contributed by atoms with van der Waals surface area (Å²) in [5.74, 6) is 0.687. The molecule has 1 aromatic carbocycles. The van der Waals surface area contributed by atoms with E-state index in [9.17, 15) is 13.2 Å². The van der Waals surface area contributed by atoms with E-state index in [1.165, 1.54) is 23.1 Å². The van der Waals surface area contributed by atoms with E-state index in [-0.39, 0.29) is 35.1 Å². The Morgan fingerprint density at radius 2 is 2.10 bits per heavy atom. The molecule has 1 saturated heterocycles. The van der Waals surface area contributed by atoms with Crippen molar-refractivity contribution in [3.8, 4) is 0 Å². The lowest BCUT2D eigenvalue weighted by Crippen LogP contribution is -2.44. The first-order chi connectivity index (χ1) is 13.7. The fourth-order valence-electron chi connectivity index (χ4n) is 3.22. The largest absolute Gasteiger partial charge is 0.338 e. The molecule has 1 aliphatic rings. The number of amides is 1. The lowest BCUT2D eigenvalue weighted by atomic mass is 10.1. The number of benzene rings is 1. The molecule has 0 spiro atoms. The highest BCUT2D eigenvalue weighted by molar-refractivity contribution is 8.01. The third-order valence-corrected chi connectivity index (χ3v) is 8.35. The summed E-state index contributed by atoms with van der Waals surface area (Å²) in [6.07, 6.45) is 0.523. The van der Waals surface area contributed by atoms with Crippen LogP contribution in [0.25, 0.3) is 0 Å². The van der Waals surface area contributed by atoms with Gasteiger partial charge in [-0.2, -0.15) is 0 Å². The topological polar surface area (TPSA) is 92.3 Å². The SMILES string of the molecule is Cc1ccccc1Nc1nnc(SCC(=O)N(CC(C)C)[C@@H]2CCS(=O)(=O)C2)s1. The fourth-order valence-corrected chi connectivity index (χ4v) is 6.60. The third kappa shape index (κ3) is 6.16. The minimum atomic E-state index is -3.04. The quantitative estimate of drug-likeness (QED) is 0.612. The molecule has 29 heavy (non-hydrogen) atoms. The number of aromatic nitrogens is 2. The fraction of sp³-hybridized carbons (Fsp3) is 0.526. The minimum Gasteiger partial charge on any atom is -0.338 e. The maximum Gasteiger partial charge on any atom is 0.233 e. The molecule has 2 aromatic rings. The van der Waals surface area contributed by atoms with E-state index in [0.29, 0.717) is 22.4 Å². The Balaban J connectivity index is 1.60. The first kappa shape index (κ1) is 22.0. The summed E-state index contributed by atoms with van der Waals surface area (Å²) in [6.45, 7) is 6.65. The summed E-state index contributed by atoms with van der Waals surface area (Å²) in [5, 5.41) is 12.2. The molecule has 0 aliphatic carbocycles. The van der Waals surface area contributed by atoms with Gasteiger partial charge in [0.15, 0.2) is 14.2 Å². The number of carbonyl (C=O) groups excluding carboxylic acids is 1. The van der Waals surface area contributed by atoms with Gasteiger partial charge in [-0.15, -0.1) is 10.2 Å². The molecule has 0 bridgehead atoms. The number of anilines is 2. The minimum absolute atomic E-state index is 0.0468. The number of rotatable bonds is 8. The number of hydrogen-bond acceptors (Lipinski definition) is 8. The molecular weight excluding hydrogens is 428 g/mol. The van der Waals surface area contributed by atoms with Crippen molar-refractivity contribution in [2.75, 3.05) is 29.1 Å². The lowest BCUT2D eigenvalue weighted by molar-refractivity contribution is -0.130. The molecule has 1 amide bonds. The number of carbonyl (C=O) groups is 1. The first-order valence-electron chi connectivity index (χ1n) is 9.52. The van der Waals surface area contributed by atoms with Crippen LogP contribution in [0.4, 0.5) is 10.8 Å². The maximum absolute atomic E-state index is 12.8. The highest BCUT2D eigenvalue weighted by Crippen LogP contribution is 2.29. The maximum atomic E-state index is 12.8. The van der Waals surface area contributed by atoms with E-state index in [4.69, 9.17) is 0 Å². The van der Waals surface area contributed by atoms with Crippen LogP contribution in [0.5, 0.6) is 0 Å². The molecule has 1 aliphatic heterocycles. The molecule has 1 N–H and O–H groups in total. The van der Waals surface area contributed by atoms with E-state index >= 15 is 0 Å². The van der Waals surface area contributed by atoms with Crippen LogP contribution in [0.3, 0.4) is 0 Å². The van der Waals surface area contributed by atoms with Crippen LogP contribution in [-0.2, 0) is 14.6 Å². The predicted octanol–water partition coefficient (Wildman–Crippen LogP) is 3.35. The smallest absolute Gasteiger partial charge is 0.233 e. The zero-order valence-corrected chi connectivity index (χ0v) is 19.2. The Bertz CT molecular complexity index is 959. The van der Waals surface area contributed by atoms with Crippen molar-refractivity contribution in [2.24, 2.45) is 5.92 Å². The molecule has 2 heterocycles. The standard InChI is InChI=1S/C19H26N4O3S3/c1-13(2)10-23(15-8-9-29(25,26)12-15)17(24)11-27-19-22-21-18(28-19)20-16-7-5-4-6-14(16)3/h4-7,13,15H,8-12H2,1-3H3,(H,20,21)/t15-/m1/s1. The summed E-state index contributed by atoms with van der Waals surface area (Å²) >= 11 is 2.74. The molecule has 1 aromatic heterocycles. The molecule has 0 radical (unpaired) electrons. The predicted molar refractivity (Wildman–Crippen MR) is 119 cm³/mol. The van der Waals surface area contributed by atoms with E-state index in [1.807, 2.05) is 45.0 Å². The van der Waals surface area contributed by atoms with Gasteiger partial charge in [-0.3, -0.25) is 4.79 Å². The molecular formula is C19H26N4O3S3. The molecule has 10 heteroatoms. The number of thioether (sulfide) groups is 1. The van der Waals surface area contributed by atoms with Crippen molar-refractivity contribution in [2.45, 2.75) is 37.6 Å². The van der Waals surface area contributed by atoms with Crippen molar-refractivity contribution < 1.29 is 13.2 Å². The second-order valence-corrected chi connectivity index (χ2v) is 12.0. The van der Waals surface area contributed by atoms with Crippen LogP contribution in [0.15, 0.2) is 28.6 Å². The van der Waals surface area contributed by atoms with Gasteiger partial charge in [-0.1, -0.05) is 55.1 Å². The first-order valence-corrected chi connectivity index (χ1v) is 13.1. The number of sulfone groups is 1. The highest BCUT2D eigenvalue weighted by atomic mass is 32.2. The van der Waals surface area contributed by atoms with Crippen LogP contribution in [-0.4, -0.2) is 59.3 Å². The molecule has 0 unspecified atom stereocenters. The van der Waals surface area contributed by atoms with Crippen molar-refractivity contribution in [1.82, 2.24) is 15.1 Å². The average molecular weight is 455 g/mol. The van der Waals surface area contributed by atoms with E-state index in [1.54, 1.807) is 4.90 Å². The van der Waals surface area contributed by atoms with Crippen LogP contribution >= 0.6 is 23.1 Å². The van der Waals surface area contributed by atoms with Crippen molar-refractivity contribution >= 4 is 49.7 Å². The molecule has 0 saturated carbocycles. The monoisotopic (exact) mass is 454 g/mol. The Hall–Kier alpha value is -1.65. The number of nitrogens with one attached hydrogen (secondary N) is 1. The van der Waals surface area contributed by atoms with Crippen LogP contribution in [0, 0.1) is 12.8 Å². The van der Waals surface area contributed by atoms with Crippen LogP contribution in [0.2, 0.25) is 0 Å². The number of aryl methyl sites for hydroxylation is 1. The zero-order valence-electron chi connectivity index (χ0n) is 16.8. The van der Waals surface area contributed by atoms with Gasteiger partial charge < -0.3 is 10.2 Å². The molecule has 1 atom stereocenters. The van der Waals surface area contributed by atoms with Gasteiger partial charge in [0.1, 0.15) is 0 Å². The molecule has 158 valence electrons.